The molecule has 6 N–H and O–H groups in total. The molecule has 0 radical (unpaired) electrons. The number of nitrogens with zero attached hydrogens (tertiary/aromatic N) is 6. The number of rotatable bonds is 16. The Morgan fingerprint density at radius 3 is 1.52 bits per heavy atom. The van der Waals surface area contributed by atoms with Crippen molar-refractivity contribution in [3.63, 3.8) is 0 Å². The minimum Gasteiger partial charge on any atom is -0.453 e. The number of amides is 4. The van der Waals surface area contributed by atoms with Crippen molar-refractivity contribution in [2.24, 2.45) is 23.7 Å². The van der Waals surface area contributed by atoms with E-state index >= 15 is 0 Å². The van der Waals surface area contributed by atoms with E-state index in [1.54, 1.807) is 9.13 Å². The number of hydrogen-bond donors (Lipinski definition) is 6. The molecule has 14 rings (SSSR count). The molecule has 466 valence electrons. The number of phosphoric acid groups is 2. The molecule has 6 aromatic rings. The zero-order valence-corrected chi connectivity index (χ0v) is 52.1. The highest BCUT2D eigenvalue weighted by molar-refractivity contribution is 7.46. The minimum absolute atomic E-state index is 0.0241. The Hall–Kier alpha value is -6.48. The van der Waals surface area contributed by atoms with Crippen molar-refractivity contribution in [3.8, 4) is 22.3 Å². The lowest BCUT2D eigenvalue weighted by Gasteiger charge is -2.37. The number of carbonyl (C=O) groups is 4. The number of ether oxygens (including phenoxy) is 2. The summed E-state index contributed by atoms with van der Waals surface area (Å²) in [4.78, 5) is 109. The second-order valence-corrected chi connectivity index (χ2v) is 27.6. The van der Waals surface area contributed by atoms with Crippen molar-refractivity contribution in [2.45, 2.75) is 174 Å². The number of aromatic nitrogens is 4. The van der Waals surface area contributed by atoms with E-state index in [1.165, 1.54) is 14.2 Å². The third-order valence-electron chi connectivity index (χ3n) is 19.0. The van der Waals surface area contributed by atoms with Gasteiger partial charge in [0.05, 0.1) is 48.4 Å². The number of imidazole rings is 2. The minimum atomic E-state index is -4.96. The molecular formula is C63H80N8O14P2. The van der Waals surface area contributed by atoms with Gasteiger partial charge < -0.3 is 58.6 Å². The first-order valence-electron chi connectivity index (χ1n) is 30.5. The van der Waals surface area contributed by atoms with Gasteiger partial charge in [-0.05, 0) is 156 Å². The number of benzene rings is 4. The molecule has 0 unspecified atom stereocenters. The summed E-state index contributed by atoms with van der Waals surface area (Å²) in [5, 5.41) is 5.53. The van der Waals surface area contributed by atoms with E-state index in [-0.39, 0.29) is 53.5 Å². The largest absolute Gasteiger partial charge is 0.471 e. The van der Waals surface area contributed by atoms with Crippen LogP contribution in [0.15, 0.2) is 72.8 Å². The van der Waals surface area contributed by atoms with Crippen LogP contribution in [-0.2, 0) is 70.0 Å². The highest BCUT2D eigenvalue weighted by atomic mass is 31.2. The van der Waals surface area contributed by atoms with Gasteiger partial charge >= 0.3 is 27.8 Å². The number of aryl methyl sites for hydroxylation is 2. The average molecular weight is 1240 g/mol. The number of alkyl carbamates (subject to hydrolysis) is 2. The molecule has 4 bridgehead atoms. The number of fused-ring (bicyclic) bond motifs is 4. The van der Waals surface area contributed by atoms with Gasteiger partial charge in [-0.3, -0.25) is 18.6 Å². The summed E-state index contributed by atoms with van der Waals surface area (Å²) in [5.74, 6) is 0.146. The molecule has 0 spiro atoms. The van der Waals surface area contributed by atoms with Crippen LogP contribution >= 0.6 is 15.6 Å². The van der Waals surface area contributed by atoms with Gasteiger partial charge in [0, 0.05) is 12.1 Å². The van der Waals surface area contributed by atoms with Crippen molar-refractivity contribution in [1.82, 2.24) is 39.5 Å². The lowest BCUT2D eigenvalue weighted by atomic mass is 9.84. The first kappa shape index (κ1) is 62.1. The molecular weight excluding hydrogens is 1150 g/mol. The van der Waals surface area contributed by atoms with E-state index in [9.17, 15) is 47.9 Å². The molecule has 6 aliphatic carbocycles. The Kier molecular flexibility index (Phi) is 18.0. The molecule has 9 atom stereocenters. The predicted molar refractivity (Wildman–Crippen MR) is 324 cm³/mol. The first-order valence-corrected chi connectivity index (χ1v) is 33.5. The standard InChI is InChI=1S/C63H80N8O14P2/c1-35(2)56(66-62(74)82-6)60(72)70-50-14-10-8-12-44(50)31-54(70)58-64-48-29-42(22-24-52(48)68(58)33-84-86(76,77)78)46-27-38-16-18-39-20-21-40(37(5)26-41(46)19-17-38)28-47(39)43-23-25-53-49(30-43)65-59(69(53)34-85-87(79,80)81)55-32-45-13-9-11-15-51(45)71(55)61(73)57(36(3)4)67-63(75)83-7/h17,19-25,27-30,35-37,44-45,50-51,54-57H,8-16,18,26,31-34H2,1-7H3,(H,66,74)(H,67,75)(H2,76,77,78)(H2,79,80,81)/t37-,44+,45+,50+,51+,54+,55+,56+,57+/m1/s1. The molecule has 2 saturated heterocycles. The van der Waals surface area contributed by atoms with E-state index in [1.807, 2.05) is 73.9 Å². The highest BCUT2D eigenvalue weighted by Crippen LogP contribution is 2.50. The first-order chi connectivity index (χ1) is 41.5. The van der Waals surface area contributed by atoms with Crippen LogP contribution in [0.2, 0.25) is 0 Å². The lowest BCUT2D eigenvalue weighted by molar-refractivity contribution is -0.139. The SMILES string of the molecule is COC(=O)N[C@H](C(=O)N1[C@H](c2nc3cc(-c4cc5ccc4CCc4ccc(c(-c6ccc7c(c6)nc([C@@H]6C[C@@H]8CCCC[C@@H]8N6C(=O)[C@@H](NC(=O)OC)C(C)C)n7COP(=O)(O)O)c4)C[C@H]5C)ccc3n2COP(=O)(O)O)C[C@@H]2CCCC[C@@H]21)C(C)C. The fourth-order valence-corrected chi connectivity index (χ4v) is 15.3. The third-order valence-corrected chi connectivity index (χ3v) is 19.9. The van der Waals surface area contributed by atoms with E-state index < -0.39 is 65.5 Å². The monoisotopic (exact) mass is 1230 g/mol. The molecule has 2 saturated carbocycles. The molecule has 87 heavy (non-hydrogen) atoms. The maximum Gasteiger partial charge on any atom is 0.471 e. The van der Waals surface area contributed by atoms with Crippen LogP contribution in [0, 0.1) is 23.7 Å². The van der Waals surface area contributed by atoms with Crippen LogP contribution in [0.5, 0.6) is 0 Å². The van der Waals surface area contributed by atoms with Crippen molar-refractivity contribution in [1.29, 1.82) is 0 Å². The van der Waals surface area contributed by atoms with Crippen molar-refractivity contribution in [3.05, 3.63) is 107 Å². The van der Waals surface area contributed by atoms with Crippen molar-refractivity contribution in [2.75, 3.05) is 14.2 Å². The maximum atomic E-state index is 14.8. The molecule has 4 amide bonds. The van der Waals surface area contributed by atoms with Crippen LogP contribution in [-0.4, -0.2) is 111 Å². The van der Waals surface area contributed by atoms with Crippen molar-refractivity contribution >= 4 is 61.7 Å². The third kappa shape index (κ3) is 12.9. The van der Waals surface area contributed by atoms with Crippen LogP contribution in [0.4, 0.5) is 9.59 Å². The van der Waals surface area contributed by atoms with Crippen LogP contribution in [0.25, 0.3) is 44.3 Å². The Morgan fingerprint density at radius 1 is 0.598 bits per heavy atom. The van der Waals surface area contributed by atoms with Gasteiger partial charge in [-0.2, -0.15) is 0 Å². The average Bonchev–Trinajstić information content (AvgIpc) is 1.74. The fraction of sp³-hybridized carbons (Fsp3) is 0.524. The number of hydrogen-bond acceptors (Lipinski definition) is 12. The summed E-state index contributed by atoms with van der Waals surface area (Å²) in [6.45, 7) is 8.64. The summed E-state index contributed by atoms with van der Waals surface area (Å²) >= 11 is 0. The smallest absolute Gasteiger partial charge is 0.453 e. The summed E-state index contributed by atoms with van der Waals surface area (Å²) in [5.41, 5.74) is 10.6. The number of methoxy groups -OCH3 is 2. The van der Waals surface area contributed by atoms with Crippen molar-refractivity contribution < 1.29 is 66.4 Å². The Bertz CT molecular complexity index is 3710. The normalized spacial score (nSPS) is 22.9. The lowest BCUT2D eigenvalue weighted by Crippen LogP contribution is -2.54. The van der Waals surface area contributed by atoms with Crippen LogP contribution in [0.3, 0.4) is 0 Å². The Morgan fingerprint density at radius 2 is 1.06 bits per heavy atom. The second-order valence-electron chi connectivity index (χ2n) is 25.1. The summed E-state index contributed by atoms with van der Waals surface area (Å²) in [6, 6.07) is 21.9. The molecule has 4 fully saturated rings. The number of likely N-dealkylation sites (tertiary alicyclic amines) is 2. The molecule has 8 aliphatic rings. The van der Waals surface area contributed by atoms with E-state index in [2.05, 4.69) is 54.0 Å². The highest BCUT2D eigenvalue weighted by Gasteiger charge is 2.51. The van der Waals surface area contributed by atoms with E-state index in [0.717, 1.165) is 95.9 Å². The Balaban J connectivity index is 0.931. The molecule has 24 heteroatoms. The Labute approximate surface area is 506 Å². The number of nitrogens with one attached hydrogen (secondary N) is 2. The van der Waals surface area contributed by atoms with Gasteiger partial charge in [0.25, 0.3) is 0 Å². The van der Waals surface area contributed by atoms with Gasteiger partial charge in [0.1, 0.15) is 37.2 Å². The topological polar surface area (TPSA) is 286 Å². The number of phosphoric ester groups is 2. The summed E-state index contributed by atoms with van der Waals surface area (Å²) in [6.07, 6.45) is 9.01. The zero-order chi connectivity index (χ0) is 61.8. The van der Waals surface area contributed by atoms with Gasteiger partial charge in [-0.1, -0.05) is 109 Å². The van der Waals surface area contributed by atoms with E-state index in [4.69, 9.17) is 28.5 Å². The predicted octanol–water partition coefficient (Wildman–Crippen LogP) is 10.7. The van der Waals surface area contributed by atoms with Crippen LogP contribution in [0.1, 0.15) is 151 Å². The second kappa shape index (κ2) is 25.2. The van der Waals surface area contributed by atoms with Gasteiger partial charge in [0.15, 0.2) is 0 Å². The van der Waals surface area contributed by atoms with Gasteiger partial charge in [-0.15, -0.1) is 0 Å². The summed E-state index contributed by atoms with van der Waals surface area (Å²) in [7, 11) is -7.40. The molecule has 2 aromatic heterocycles. The van der Waals surface area contributed by atoms with Gasteiger partial charge in [-0.25, -0.2) is 28.7 Å². The van der Waals surface area contributed by atoms with Gasteiger partial charge in [0.2, 0.25) is 11.8 Å². The quantitative estimate of drug-likeness (QED) is 0.0491. The van der Waals surface area contributed by atoms with E-state index in [0.29, 0.717) is 65.8 Å². The molecule has 22 nitrogen and oxygen atoms in total. The molecule has 4 heterocycles. The fourth-order valence-electron chi connectivity index (χ4n) is 14.8. The summed E-state index contributed by atoms with van der Waals surface area (Å²) < 4.78 is 48.3. The zero-order valence-electron chi connectivity index (χ0n) is 50.3. The van der Waals surface area contributed by atoms with Crippen LogP contribution < -0.4 is 10.6 Å². The maximum absolute atomic E-state index is 14.8. The molecule has 4 aromatic carbocycles. The molecule has 2 aliphatic heterocycles. The number of carbonyl (C=O) groups excluding carboxylic acids is 4.